The van der Waals surface area contributed by atoms with Crippen molar-refractivity contribution in [2.45, 2.75) is 53.4 Å². The number of hydrogen-bond donors (Lipinski definition) is 2. The minimum absolute atomic E-state index is 0.115. The third-order valence-corrected chi connectivity index (χ3v) is 20.1. The van der Waals surface area contributed by atoms with Crippen molar-refractivity contribution in [2.75, 3.05) is 33.9 Å². The van der Waals surface area contributed by atoms with Gasteiger partial charge in [0.25, 0.3) is 23.0 Å². The van der Waals surface area contributed by atoms with Crippen molar-refractivity contribution in [2.24, 2.45) is 0 Å². The lowest BCUT2D eigenvalue weighted by molar-refractivity contribution is 0.0979. The molecule has 3 amide bonds. The Morgan fingerprint density at radius 1 is 0.551 bits per heavy atom. The first-order valence-corrected chi connectivity index (χ1v) is 31.8. The first kappa shape index (κ1) is 63.8. The van der Waals surface area contributed by atoms with Crippen LogP contribution >= 0.6 is 80.1 Å². The number of aryl methyl sites for hydroxylation is 4. The van der Waals surface area contributed by atoms with Crippen LogP contribution in [-0.4, -0.2) is 57.6 Å². The Labute approximate surface area is 539 Å². The van der Waals surface area contributed by atoms with Gasteiger partial charge in [-0.1, -0.05) is 35.3 Å². The molecule has 2 aliphatic heterocycles. The van der Waals surface area contributed by atoms with Gasteiger partial charge < -0.3 is 20.9 Å². The number of Topliss-reactive ketones (excluding diaryl/α,β-unsaturated/α-hetero) is 2. The molecule has 10 aromatic rings. The molecule has 0 unspecified atom stereocenters. The maximum atomic E-state index is 14.2. The van der Waals surface area contributed by atoms with Crippen LogP contribution in [0, 0.1) is 51.0 Å². The summed E-state index contributed by atoms with van der Waals surface area (Å²) in [4.78, 5) is 92.4. The zero-order valence-corrected chi connectivity index (χ0v) is 53.1. The molecular weight excluding hydrogens is 1280 g/mol. The topological polar surface area (TPSA) is 173 Å². The Balaban J connectivity index is 0.000000170. The number of benzene rings is 4. The number of nitrogen functional groups attached to an aromatic ring is 1. The summed E-state index contributed by atoms with van der Waals surface area (Å²) >= 11 is 22.7. The normalized spacial score (nSPS) is 12.2. The van der Waals surface area contributed by atoms with E-state index in [1.807, 2.05) is 50.6 Å². The number of nitrogens with zero attached hydrogens (tertiary/aromatic N) is 4. The third kappa shape index (κ3) is 14.0. The summed E-state index contributed by atoms with van der Waals surface area (Å²) in [6, 6.07) is 31.3. The monoisotopic (exact) mass is 1330 g/mol. The summed E-state index contributed by atoms with van der Waals surface area (Å²) in [5.74, 6) is -4.34. The van der Waals surface area contributed by atoms with Gasteiger partial charge >= 0.3 is 0 Å². The van der Waals surface area contributed by atoms with Crippen LogP contribution in [0.15, 0.2) is 132 Å². The molecule has 12 rings (SSSR count). The number of fused-ring (bicyclic) bond motifs is 6. The molecule has 0 saturated carbocycles. The van der Waals surface area contributed by atoms with E-state index < -0.39 is 34.4 Å². The Morgan fingerprint density at radius 3 is 1.38 bits per heavy atom. The highest BCUT2D eigenvalue weighted by molar-refractivity contribution is 7.23. The fraction of sp³-hybridized carbons (Fsp3) is 0.152. The van der Waals surface area contributed by atoms with Crippen LogP contribution in [0.5, 0.6) is 0 Å². The highest BCUT2D eigenvalue weighted by Gasteiger charge is 2.32. The molecule has 0 fully saturated rings. The molecule has 0 saturated heterocycles. The number of carbonyl (C=O) groups is 6. The van der Waals surface area contributed by atoms with E-state index in [-0.39, 0.29) is 68.8 Å². The van der Waals surface area contributed by atoms with Crippen LogP contribution in [0.4, 0.5) is 40.3 Å². The number of thiophene rings is 4. The summed E-state index contributed by atoms with van der Waals surface area (Å²) < 4.78 is 56.3. The predicted molar refractivity (Wildman–Crippen MR) is 348 cm³/mol. The Bertz CT molecular complexity index is 4410. The Morgan fingerprint density at radius 2 is 0.955 bits per heavy atom. The first-order chi connectivity index (χ1) is 42.5. The molecule has 8 heterocycles. The smallest absolute Gasteiger partial charge is 0.258 e. The maximum absolute atomic E-state index is 14.2. The number of nitrogens with two attached hydrogens (primary N) is 1. The molecule has 452 valence electrons. The molecule has 12 nitrogen and oxygen atoms in total. The van der Waals surface area contributed by atoms with E-state index in [4.69, 9.17) is 40.5 Å². The summed E-state index contributed by atoms with van der Waals surface area (Å²) in [7, 11) is 0. The zero-order valence-electron chi connectivity index (χ0n) is 47.5. The standard InChI is InChI=1S/C33H24ClF2N3O3S2.C25H18F2N2O2S2.C8H7Cl2NO/c1-17-14-23(31(34)37-18(17)2)32(41)38-21-8-6-19(7-9-21)33(42)39-12-10-20-15-28(44-29(20)30-26(39)11-13-43-30)27(40)16-22-24(35)4-3-5-25(22)36;26-18-2-1-3-19(27)17(18)13-21(30)22-12-15-8-10-29(20-9-11-32-24(20)23(15)33-22)25(31)14-4-6-16(28)7-5-14;1-4-3-6(8(10)12)7(9)11-5(4)2/h3-9,11,13-15H,10,12,16H2,1-2H3,(H,38,41);1-7,9,11-12H,8,10,13,28H2;3H,1-2H3. The molecule has 0 spiro atoms. The van der Waals surface area contributed by atoms with Crippen LogP contribution in [0.25, 0.3) is 19.5 Å². The van der Waals surface area contributed by atoms with Gasteiger partial charge in [-0.2, -0.15) is 0 Å². The van der Waals surface area contributed by atoms with Gasteiger partial charge in [0.1, 0.15) is 33.6 Å². The van der Waals surface area contributed by atoms with E-state index in [0.717, 1.165) is 88.8 Å². The van der Waals surface area contributed by atoms with Crippen LogP contribution in [0.1, 0.15) is 106 Å². The average Bonchev–Trinajstić information content (AvgIpc) is 1.67. The van der Waals surface area contributed by atoms with E-state index >= 15 is 0 Å². The molecule has 6 aromatic heterocycles. The lowest BCUT2D eigenvalue weighted by Crippen LogP contribution is -2.32. The second-order valence-corrected chi connectivity index (χ2v) is 25.6. The van der Waals surface area contributed by atoms with Crippen molar-refractivity contribution in [3.05, 3.63) is 242 Å². The predicted octanol–water partition coefficient (Wildman–Crippen LogP) is 17.0. The summed E-state index contributed by atoms with van der Waals surface area (Å²) in [6.45, 7) is 8.17. The Kier molecular flexibility index (Phi) is 19.5. The summed E-state index contributed by atoms with van der Waals surface area (Å²) in [5, 5.41) is 6.32. The third-order valence-electron chi connectivity index (χ3n) is 14.8. The number of aromatic nitrogens is 2. The van der Waals surface area contributed by atoms with Crippen LogP contribution in [0.3, 0.4) is 0 Å². The number of pyridine rings is 2. The van der Waals surface area contributed by atoms with E-state index in [1.54, 1.807) is 82.6 Å². The van der Waals surface area contributed by atoms with Gasteiger partial charge in [0, 0.05) is 70.9 Å². The van der Waals surface area contributed by atoms with Crippen molar-refractivity contribution in [3.8, 4) is 19.5 Å². The van der Waals surface area contributed by atoms with E-state index in [1.165, 1.54) is 57.5 Å². The molecular formula is C66H49Cl3F4N6O6S4. The minimum atomic E-state index is -0.746. The molecule has 0 bridgehead atoms. The molecule has 4 aromatic carbocycles. The summed E-state index contributed by atoms with van der Waals surface area (Å²) in [5.41, 5.74) is 14.6. The molecule has 3 N–H and O–H groups in total. The number of nitrogens with one attached hydrogen (secondary N) is 1. The number of amides is 3. The molecule has 0 radical (unpaired) electrons. The van der Waals surface area contributed by atoms with Gasteiger partial charge in [0.15, 0.2) is 11.6 Å². The SMILES string of the molecule is Cc1cc(C(=O)Cl)c(Cl)nc1C.Cc1cc(C(=O)Nc2ccc(C(=O)N3CCc4cc(C(=O)Cc5c(F)cccc5F)sc4-c4sccc43)cc2)c(Cl)nc1C.Nc1ccc(C(=O)N2CCc3cc(C(=O)Cc4c(F)cccc4F)sc3-c3sccc32)cc1. The lowest BCUT2D eigenvalue weighted by Gasteiger charge is -2.21. The van der Waals surface area contributed by atoms with E-state index in [9.17, 15) is 46.3 Å². The van der Waals surface area contributed by atoms with Crippen molar-refractivity contribution >= 4 is 137 Å². The van der Waals surface area contributed by atoms with E-state index in [0.29, 0.717) is 58.2 Å². The van der Waals surface area contributed by atoms with Crippen molar-refractivity contribution in [1.29, 1.82) is 0 Å². The average molecular weight is 1330 g/mol. The molecule has 23 heteroatoms. The quantitative estimate of drug-likeness (QED) is 0.0420. The van der Waals surface area contributed by atoms with Crippen molar-refractivity contribution < 1.29 is 46.3 Å². The van der Waals surface area contributed by atoms with Crippen LogP contribution in [-0.2, 0) is 25.7 Å². The molecule has 89 heavy (non-hydrogen) atoms. The number of rotatable bonds is 11. The number of hydrogen-bond acceptors (Lipinski definition) is 13. The van der Waals surface area contributed by atoms with Gasteiger partial charge in [-0.05, 0) is 194 Å². The van der Waals surface area contributed by atoms with Crippen molar-refractivity contribution in [1.82, 2.24) is 9.97 Å². The number of halogens is 7. The lowest BCUT2D eigenvalue weighted by atomic mass is 10.1. The number of anilines is 4. The first-order valence-electron chi connectivity index (χ1n) is 27.3. The molecule has 2 aliphatic rings. The number of carbonyl (C=O) groups excluding carboxylic acids is 6. The fourth-order valence-electron chi connectivity index (χ4n) is 9.76. The highest BCUT2D eigenvalue weighted by Crippen LogP contribution is 2.47. The maximum Gasteiger partial charge on any atom is 0.258 e. The minimum Gasteiger partial charge on any atom is -0.399 e. The van der Waals surface area contributed by atoms with Gasteiger partial charge in [-0.25, -0.2) is 27.5 Å². The second-order valence-electron chi connectivity index (χ2n) is 20.6. The van der Waals surface area contributed by atoms with Gasteiger partial charge in [-0.3, -0.25) is 28.8 Å². The number of ketones is 2. The molecule has 0 atom stereocenters. The van der Waals surface area contributed by atoms with Gasteiger partial charge in [0.2, 0.25) is 0 Å². The highest BCUT2D eigenvalue weighted by atomic mass is 35.5. The Hall–Kier alpha value is -8.21. The van der Waals surface area contributed by atoms with Gasteiger partial charge in [0.05, 0.1) is 51.8 Å². The largest absolute Gasteiger partial charge is 0.399 e. The van der Waals surface area contributed by atoms with Crippen molar-refractivity contribution in [3.63, 3.8) is 0 Å². The van der Waals surface area contributed by atoms with Crippen LogP contribution < -0.4 is 20.9 Å². The van der Waals surface area contributed by atoms with Gasteiger partial charge in [-0.15, -0.1) is 45.3 Å². The fourth-order valence-corrected chi connectivity index (χ4v) is 15.0. The second kappa shape index (κ2) is 27.3. The zero-order chi connectivity index (χ0) is 63.5. The van der Waals surface area contributed by atoms with Crippen LogP contribution in [0.2, 0.25) is 10.3 Å². The van der Waals surface area contributed by atoms with E-state index in [2.05, 4.69) is 15.3 Å². The molecule has 0 aliphatic carbocycles. The summed E-state index contributed by atoms with van der Waals surface area (Å²) in [6.07, 6.45) is 0.357.